The number of hydrogen-bond donors (Lipinski definition) is 1. The number of halogens is 1. The maximum absolute atomic E-state index is 13.6. The van der Waals surface area contributed by atoms with Crippen molar-refractivity contribution in [2.24, 2.45) is 0 Å². The number of carbonyl (C=O) groups excluding carboxylic acids is 1. The Bertz CT molecular complexity index is 618. The first-order valence-corrected chi connectivity index (χ1v) is 8.49. The fraction of sp³-hybridized carbons (Fsp3) is 0.500. The van der Waals surface area contributed by atoms with Gasteiger partial charge in [-0.05, 0) is 38.1 Å². The molecule has 0 bridgehead atoms. The van der Waals surface area contributed by atoms with Crippen molar-refractivity contribution >= 4 is 15.9 Å². The van der Waals surface area contributed by atoms with Crippen molar-refractivity contribution in [2.45, 2.75) is 37.1 Å². The molecule has 1 saturated heterocycles. The number of nitrogens with zero attached hydrogens (tertiary/aromatic N) is 1. The first kappa shape index (κ1) is 15.9. The maximum atomic E-state index is 13.6. The second-order valence-corrected chi connectivity index (χ2v) is 6.69. The van der Waals surface area contributed by atoms with Crippen LogP contribution in [-0.2, 0) is 14.8 Å². The van der Waals surface area contributed by atoms with E-state index in [4.69, 9.17) is 0 Å². The van der Waals surface area contributed by atoms with Gasteiger partial charge in [0, 0.05) is 0 Å². The summed E-state index contributed by atoms with van der Waals surface area (Å²) >= 11 is 0. The minimum absolute atomic E-state index is 0.467. The highest BCUT2D eigenvalue weighted by Crippen LogP contribution is 2.18. The van der Waals surface area contributed by atoms with Gasteiger partial charge >= 0.3 is 0 Å². The van der Waals surface area contributed by atoms with Gasteiger partial charge in [-0.3, -0.25) is 9.69 Å². The maximum Gasteiger partial charge on any atom is 0.267 e. The molecule has 1 heterocycles. The Kier molecular flexibility index (Phi) is 4.95. The average molecular weight is 314 g/mol. The summed E-state index contributed by atoms with van der Waals surface area (Å²) in [5.41, 5.74) is 0. The molecule has 2 rings (SSSR count). The summed E-state index contributed by atoms with van der Waals surface area (Å²) in [7, 11) is -4.17. The Morgan fingerprint density at radius 2 is 2.10 bits per heavy atom. The summed E-state index contributed by atoms with van der Waals surface area (Å²) in [6.45, 7) is 3.38. The van der Waals surface area contributed by atoms with Crippen LogP contribution in [0.4, 0.5) is 4.39 Å². The van der Waals surface area contributed by atoms with Gasteiger partial charge in [0.1, 0.15) is 10.7 Å². The second kappa shape index (κ2) is 6.53. The van der Waals surface area contributed by atoms with Gasteiger partial charge in [0.05, 0.1) is 6.04 Å². The molecule has 1 N–H and O–H groups in total. The molecule has 5 nitrogen and oxygen atoms in total. The largest absolute Gasteiger partial charge is 0.292 e. The Balaban J connectivity index is 2.16. The summed E-state index contributed by atoms with van der Waals surface area (Å²) in [5, 5.41) is 0. The number of amides is 1. The fourth-order valence-corrected chi connectivity index (χ4v) is 3.68. The molecule has 0 saturated carbocycles. The third-order valence-corrected chi connectivity index (χ3v) is 5.06. The smallest absolute Gasteiger partial charge is 0.267 e. The summed E-state index contributed by atoms with van der Waals surface area (Å²) in [6.07, 6.45) is 2.50. The van der Waals surface area contributed by atoms with Gasteiger partial charge in [0.25, 0.3) is 15.9 Å². The van der Waals surface area contributed by atoms with Gasteiger partial charge in [0.2, 0.25) is 0 Å². The number of likely N-dealkylation sites (tertiary alicyclic amines) is 1. The number of benzene rings is 1. The van der Waals surface area contributed by atoms with E-state index in [1.54, 1.807) is 0 Å². The molecule has 0 aliphatic carbocycles. The molecule has 21 heavy (non-hydrogen) atoms. The van der Waals surface area contributed by atoms with Crippen LogP contribution in [0.5, 0.6) is 0 Å². The summed E-state index contributed by atoms with van der Waals surface area (Å²) in [6, 6.07) is 4.55. The first-order chi connectivity index (χ1) is 9.95. The summed E-state index contributed by atoms with van der Waals surface area (Å²) < 4.78 is 39.8. The summed E-state index contributed by atoms with van der Waals surface area (Å²) in [5.74, 6) is -1.45. The van der Waals surface area contributed by atoms with Gasteiger partial charge < -0.3 is 0 Å². The highest BCUT2D eigenvalue weighted by Gasteiger charge is 2.31. The molecule has 1 unspecified atom stereocenters. The Labute approximate surface area is 124 Å². The number of hydrogen-bond acceptors (Lipinski definition) is 4. The Morgan fingerprint density at radius 1 is 1.38 bits per heavy atom. The lowest BCUT2D eigenvalue weighted by Gasteiger charge is -2.33. The molecule has 116 valence electrons. The predicted octanol–water partition coefficient (Wildman–Crippen LogP) is 1.50. The fourth-order valence-electron chi connectivity index (χ4n) is 2.58. The van der Waals surface area contributed by atoms with E-state index >= 15 is 0 Å². The van der Waals surface area contributed by atoms with Crippen molar-refractivity contribution < 1.29 is 17.6 Å². The number of carbonyl (C=O) groups is 1. The topological polar surface area (TPSA) is 66.5 Å². The van der Waals surface area contributed by atoms with Gasteiger partial charge in [-0.2, -0.15) is 0 Å². The van der Waals surface area contributed by atoms with Gasteiger partial charge in [-0.15, -0.1) is 0 Å². The van der Waals surface area contributed by atoms with E-state index in [9.17, 15) is 17.6 Å². The van der Waals surface area contributed by atoms with E-state index in [0.717, 1.165) is 31.5 Å². The van der Waals surface area contributed by atoms with Crippen molar-refractivity contribution in [3.8, 4) is 0 Å². The highest BCUT2D eigenvalue weighted by atomic mass is 32.2. The average Bonchev–Trinajstić information content (AvgIpc) is 2.47. The Morgan fingerprint density at radius 3 is 2.76 bits per heavy atom. The third kappa shape index (κ3) is 3.59. The van der Waals surface area contributed by atoms with Gasteiger partial charge in [-0.1, -0.05) is 25.5 Å². The lowest BCUT2D eigenvalue weighted by molar-refractivity contribution is -0.125. The van der Waals surface area contributed by atoms with E-state index in [-0.39, 0.29) is 0 Å². The zero-order valence-corrected chi connectivity index (χ0v) is 12.7. The molecule has 1 aliphatic heterocycles. The van der Waals surface area contributed by atoms with Crippen LogP contribution in [-0.4, -0.2) is 38.4 Å². The molecule has 7 heteroatoms. The van der Waals surface area contributed by atoms with Crippen LogP contribution in [0.2, 0.25) is 0 Å². The van der Waals surface area contributed by atoms with Gasteiger partial charge in [-0.25, -0.2) is 17.5 Å². The molecule has 1 aliphatic rings. The molecule has 0 radical (unpaired) electrons. The van der Waals surface area contributed by atoms with Crippen molar-refractivity contribution in [2.75, 3.05) is 13.1 Å². The molecular formula is C14H19FN2O3S. The van der Waals surface area contributed by atoms with Crippen molar-refractivity contribution in [1.82, 2.24) is 9.62 Å². The quantitative estimate of drug-likeness (QED) is 0.915. The lowest BCUT2D eigenvalue weighted by atomic mass is 10.0. The molecular weight excluding hydrogens is 295 g/mol. The van der Waals surface area contributed by atoms with Crippen LogP contribution in [0.3, 0.4) is 0 Å². The molecule has 0 aromatic heterocycles. The zero-order chi connectivity index (χ0) is 15.5. The Hall–Kier alpha value is -1.47. The molecule has 1 fully saturated rings. The van der Waals surface area contributed by atoms with Gasteiger partial charge in [0.15, 0.2) is 0 Å². The van der Waals surface area contributed by atoms with E-state index in [1.165, 1.54) is 12.1 Å². The standard InChI is InChI=1S/C14H19FN2O3S/c1-2-17-10-6-5-8-12(17)14(18)16-21(19,20)13-9-4-3-7-11(13)15/h3-4,7,9,12H,2,5-6,8,10H2,1H3,(H,16,18). The van der Waals surface area contributed by atoms with Crippen LogP contribution in [0.25, 0.3) is 0 Å². The van der Waals surface area contributed by atoms with E-state index in [2.05, 4.69) is 0 Å². The SMILES string of the molecule is CCN1CCCCC1C(=O)NS(=O)(=O)c1ccccc1F. The van der Waals surface area contributed by atoms with Crippen molar-refractivity contribution in [3.05, 3.63) is 30.1 Å². The zero-order valence-electron chi connectivity index (χ0n) is 11.9. The minimum Gasteiger partial charge on any atom is -0.292 e. The van der Waals surface area contributed by atoms with Crippen LogP contribution < -0.4 is 4.72 Å². The molecule has 1 amide bonds. The normalized spacial score (nSPS) is 20.2. The number of likely N-dealkylation sites (N-methyl/N-ethyl adjacent to an activating group) is 1. The van der Waals surface area contributed by atoms with E-state index < -0.39 is 32.7 Å². The van der Waals surface area contributed by atoms with E-state index in [1.807, 2.05) is 16.5 Å². The van der Waals surface area contributed by atoms with Crippen LogP contribution in [0, 0.1) is 5.82 Å². The van der Waals surface area contributed by atoms with Crippen molar-refractivity contribution in [3.63, 3.8) is 0 Å². The predicted molar refractivity (Wildman–Crippen MR) is 76.6 cm³/mol. The third-order valence-electron chi connectivity index (χ3n) is 3.68. The van der Waals surface area contributed by atoms with Crippen LogP contribution >= 0.6 is 0 Å². The second-order valence-electron chi connectivity index (χ2n) is 5.04. The van der Waals surface area contributed by atoms with Crippen LogP contribution in [0.1, 0.15) is 26.2 Å². The number of piperidine rings is 1. The molecule has 1 aromatic carbocycles. The van der Waals surface area contributed by atoms with Crippen molar-refractivity contribution in [1.29, 1.82) is 0 Å². The summed E-state index contributed by atoms with van der Waals surface area (Å²) in [4.78, 5) is 13.7. The number of nitrogens with one attached hydrogen (secondary N) is 1. The monoisotopic (exact) mass is 314 g/mol. The molecule has 0 spiro atoms. The lowest BCUT2D eigenvalue weighted by Crippen LogP contribution is -2.50. The van der Waals surface area contributed by atoms with E-state index in [0.29, 0.717) is 13.0 Å². The number of sulfonamides is 1. The molecule has 1 aromatic rings. The molecule has 1 atom stereocenters. The minimum atomic E-state index is -4.17. The highest BCUT2D eigenvalue weighted by molar-refractivity contribution is 7.90. The van der Waals surface area contributed by atoms with Crippen LogP contribution in [0.15, 0.2) is 29.2 Å². The first-order valence-electron chi connectivity index (χ1n) is 7.01. The number of rotatable bonds is 4.